The van der Waals surface area contributed by atoms with Crippen LogP contribution in [0.15, 0.2) is 48.5 Å². The van der Waals surface area contributed by atoms with E-state index in [4.69, 9.17) is 5.73 Å². The molecule has 0 atom stereocenters. The van der Waals surface area contributed by atoms with Crippen LogP contribution in [0.4, 0.5) is 11.4 Å². The molecular weight excluding hydrogens is 274 g/mol. The van der Waals surface area contributed by atoms with E-state index in [-0.39, 0.29) is 5.91 Å². The molecule has 2 aromatic carbocycles. The van der Waals surface area contributed by atoms with Gasteiger partial charge in [0.15, 0.2) is 0 Å². The summed E-state index contributed by atoms with van der Waals surface area (Å²) in [6.45, 7) is 2.74. The van der Waals surface area contributed by atoms with Gasteiger partial charge in [0.25, 0.3) is 0 Å². The van der Waals surface area contributed by atoms with Crippen LogP contribution in [0, 0.1) is 0 Å². The van der Waals surface area contributed by atoms with E-state index >= 15 is 0 Å². The number of nitrogens with one attached hydrogen (secondary N) is 1. The molecule has 4 heteroatoms. The first-order valence-electron chi connectivity index (χ1n) is 7.65. The number of amides is 1. The molecular formula is C18H21N3O. The SMILES string of the molecule is Nc1ccc(NC(=O)CCN2CCc3ccccc3C2)cc1. The van der Waals surface area contributed by atoms with Crippen molar-refractivity contribution in [2.45, 2.75) is 19.4 Å². The Labute approximate surface area is 130 Å². The largest absolute Gasteiger partial charge is 0.399 e. The van der Waals surface area contributed by atoms with Gasteiger partial charge in [0.05, 0.1) is 0 Å². The zero-order chi connectivity index (χ0) is 15.4. The summed E-state index contributed by atoms with van der Waals surface area (Å²) in [7, 11) is 0. The van der Waals surface area contributed by atoms with Crippen LogP contribution in [0.25, 0.3) is 0 Å². The van der Waals surface area contributed by atoms with Crippen molar-refractivity contribution in [1.82, 2.24) is 4.90 Å². The van der Waals surface area contributed by atoms with Crippen molar-refractivity contribution in [3.05, 3.63) is 59.7 Å². The van der Waals surface area contributed by atoms with Gasteiger partial charge in [-0.15, -0.1) is 0 Å². The fraction of sp³-hybridized carbons (Fsp3) is 0.278. The van der Waals surface area contributed by atoms with Crippen molar-refractivity contribution in [3.8, 4) is 0 Å². The molecule has 2 aromatic rings. The molecule has 4 nitrogen and oxygen atoms in total. The van der Waals surface area contributed by atoms with Crippen LogP contribution in [-0.4, -0.2) is 23.9 Å². The molecule has 1 aliphatic rings. The minimum Gasteiger partial charge on any atom is -0.399 e. The van der Waals surface area contributed by atoms with Crippen LogP contribution < -0.4 is 11.1 Å². The molecule has 0 saturated heterocycles. The van der Waals surface area contributed by atoms with E-state index < -0.39 is 0 Å². The summed E-state index contributed by atoms with van der Waals surface area (Å²) in [6, 6.07) is 15.8. The average Bonchev–Trinajstić information content (AvgIpc) is 2.55. The molecule has 0 bridgehead atoms. The standard InChI is InChI=1S/C18H21N3O/c19-16-5-7-17(8-6-16)20-18(22)10-12-21-11-9-14-3-1-2-4-15(14)13-21/h1-8H,9-13,19H2,(H,20,22). The van der Waals surface area contributed by atoms with E-state index in [2.05, 4.69) is 34.5 Å². The number of carbonyl (C=O) groups is 1. The molecule has 0 radical (unpaired) electrons. The average molecular weight is 295 g/mol. The molecule has 1 aliphatic heterocycles. The molecule has 0 spiro atoms. The van der Waals surface area contributed by atoms with Crippen LogP contribution in [0.2, 0.25) is 0 Å². The van der Waals surface area contributed by atoms with E-state index in [1.807, 2.05) is 12.1 Å². The first-order chi connectivity index (χ1) is 10.7. The third-order valence-corrected chi connectivity index (χ3v) is 4.06. The smallest absolute Gasteiger partial charge is 0.225 e. The minimum absolute atomic E-state index is 0.0450. The second-order valence-electron chi connectivity index (χ2n) is 5.72. The number of carbonyl (C=O) groups excluding carboxylic acids is 1. The monoisotopic (exact) mass is 295 g/mol. The Balaban J connectivity index is 1.49. The van der Waals surface area contributed by atoms with Gasteiger partial charge in [-0.05, 0) is 41.8 Å². The Morgan fingerprint density at radius 1 is 1.09 bits per heavy atom. The van der Waals surface area contributed by atoms with Gasteiger partial charge in [0.2, 0.25) is 5.91 Å². The summed E-state index contributed by atoms with van der Waals surface area (Å²) in [4.78, 5) is 14.4. The van der Waals surface area contributed by atoms with Crippen LogP contribution in [0.1, 0.15) is 17.5 Å². The quantitative estimate of drug-likeness (QED) is 0.853. The molecule has 114 valence electrons. The number of fused-ring (bicyclic) bond motifs is 1. The predicted molar refractivity (Wildman–Crippen MR) is 89.5 cm³/mol. The molecule has 22 heavy (non-hydrogen) atoms. The molecule has 3 rings (SSSR count). The Bertz CT molecular complexity index is 652. The maximum Gasteiger partial charge on any atom is 0.225 e. The van der Waals surface area contributed by atoms with Gasteiger partial charge in [-0.2, -0.15) is 0 Å². The number of nitrogens with two attached hydrogens (primary N) is 1. The number of hydrogen-bond donors (Lipinski definition) is 2. The molecule has 0 aromatic heterocycles. The van der Waals surface area contributed by atoms with Gasteiger partial charge in [-0.1, -0.05) is 24.3 Å². The highest BCUT2D eigenvalue weighted by atomic mass is 16.1. The number of nitrogens with zero attached hydrogens (tertiary/aromatic N) is 1. The highest BCUT2D eigenvalue weighted by molar-refractivity contribution is 5.90. The van der Waals surface area contributed by atoms with Crippen LogP contribution >= 0.6 is 0 Å². The summed E-state index contributed by atoms with van der Waals surface area (Å²) in [6.07, 6.45) is 1.57. The van der Waals surface area contributed by atoms with E-state index in [1.54, 1.807) is 12.1 Å². The van der Waals surface area contributed by atoms with Gasteiger partial charge in [-0.25, -0.2) is 0 Å². The Hall–Kier alpha value is -2.33. The first-order valence-corrected chi connectivity index (χ1v) is 7.65. The number of rotatable bonds is 4. The second kappa shape index (κ2) is 6.62. The predicted octanol–water partition coefficient (Wildman–Crippen LogP) is 2.66. The third kappa shape index (κ3) is 3.65. The summed E-state index contributed by atoms with van der Waals surface area (Å²) in [5.74, 6) is 0.0450. The lowest BCUT2D eigenvalue weighted by atomic mass is 10.00. The maximum atomic E-state index is 12.0. The normalized spacial score (nSPS) is 14.4. The Morgan fingerprint density at radius 2 is 1.82 bits per heavy atom. The van der Waals surface area contributed by atoms with Crippen molar-refractivity contribution in [1.29, 1.82) is 0 Å². The van der Waals surface area contributed by atoms with Gasteiger partial charge < -0.3 is 11.1 Å². The summed E-state index contributed by atoms with van der Waals surface area (Å²) >= 11 is 0. The fourth-order valence-electron chi connectivity index (χ4n) is 2.79. The van der Waals surface area contributed by atoms with Crippen molar-refractivity contribution >= 4 is 17.3 Å². The summed E-state index contributed by atoms with van der Waals surface area (Å²) in [5.41, 5.74) is 9.94. The lowest BCUT2D eigenvalue weighted by Gasteiger charge is -2.28. The van der Waals surface area contributed by atoms with E-state index in [9.17, 15) is 4.79 Å². The molecule has 1 heterocycles. The van der Waals surface area contributed by atoms with Gasteiger partial charge in [0.1, 0.15) is 0 Å². The highest BCUT2D eigenvalue weighted by Gasteiger charge is 2.16. The Morgan fingerprint density at radius 3 is 2.59 bits per heavy atom. The second-order valence-corrected chi connectivity index (χ2v) is 5.72. The topological polar surface area (TPSA) is 58.4 Å². The summed E-state index contributed by atoms with van der Waals surface area (Å²) < 4.78 is 0. The van der Waals surface area contributed by atoms with Crippen molar-refractivity contribution in [2.75, 3.05) is 24.1 Å². The van der Waals surface area contributed by atoms with Gasteiger partial charge in [0, 0.05) is 37.4 Å². The minimum atomic E-state index is 0.0450. The van der Waals surface area contributed by atoms with Gasteiger partial charge >= 0.3 is 0 Å². The van der Waals surface area contributed by atoms with Crippen molar-refractivity contribution < 1.29 is 4.79 Å². The van der Waals surface area contributed by atoms with E-state index in [0.29, 0.717) is 12.1 Å². The molecule has 0 unspecified atom stereocenters. The summed E-state index contributed by atoms with van der Waals surface area (Å²) in [5, 5.41) is 2.91. The van der Waals surface area contributed by atoms with E-state index in [1.165, 1.54) is 11.1 Å². The van der Waals surface area contributed by atoms with Crippen molar-refractivity contribution in [3.63, 3.8) is 0 Å². The zero-order valence-corrected chi connectivity index (χ0v) is 12.6. The van der Waals surface area contributed by atoms with Crippen LogP contribution in [0.3, 0.4) is 0 Å². The molecule has 3 N–H and O–H groups in total. The molecule has 0 saturated carbocycles. The van der Waals surface area contributed by atoms with Gasteiger partial charge in [-0.3, -0.25) is 9.69 Å². The molecule has 0 aliphatic carbocycles. The van der Waals surface area contributed by atoms with Crippen molar-refractivity contribution in [2.24, 2.45) is 0 Å². The number of anilines is 2. The first kappa shape index (κ1) is 14.6. The van der Waals surface area contributed by atoms with Crippen LogP contribution in [-0.2, 0) is 17.8 Å². The van der Waals surface area contributed by atoms with Crippen LogP contribution in [0.5, 0.6) is 0 Å². The fourth-order valence-corrected chi connectivity index (χ4v) is 2.79. The highest BCUT2D eigenvalue weighted by Crippen LogP contribution is 2.18. The Kier molecular flexibility index (Phi) is 4.39. The number of nitrogen functional groups attached to an aromatic ring is 1. The zero-order valence-electron chi connectivity index (χ0n) is 12.6. The molecule has 1 amide bonds. The molecule has 0 fully saturated rings. The number of hydrogen-bond acceptors (Lipinski definition) is 3. The lowest BCUT2D eigenvalue weighted by Crippen LogP contribution is -2.33. The maximum absolute atomic E-state index is 12.0. The number of benzene rings is 2. The van der Waals surface area contributed by atoms with E-state index in [0.717, 1.165) is 31.7 Å². The lowest BCUT2D eigenvalue weighted by molar-refractivity contribution is -0.116. The third-order valence-electron chi connectivity index (χ3n) is 4.06.